The summed E-state index contributed by atoms with van der Waals surface area (Å²) in [7, 11) is 1.55. The van der Waals surface area contributed by atoms with Gasteiger partial charge in [0.05, 0.1) is 13.2 Å². The molecule has 5 heteroatoms. The van der Waals surface area contributed by atoms with Gasteiger partial charge in [0, 0.05) is 0 Å². The Hall–Kier alpha value is -2.14. The van der Waals surface area contributed by atoms with Crippen LogP contribution < -0.4 is 15.2 Å². The molecule has 0 aliphatic rings. The fourth-order valence-electron chi connectivity index (χ4n) is 1.50. The summed E-state index contributed by atoms with van der Waals surface area (Å²) in [6.45, 7) is 0.642. The number of nitrogens with zero attached hydrogens (tertiary/aromatic N) is 2. The lowest BCUT2D eigenvalue weighted by Crippen LogP contribution is -2.02. The topological polar surface area (TPSA) is 70.3 Å². The molecule has 2 rings (SSSR count). The van der Waals surface area contributed by atoms with E-state index in [1.165, 1.54) is 11.9 Å². The standard InChI is InChI=1S/C13H15N3O2/c1-17-12-8-13(16-9-15-12)18-11-4-2-10(3-5-11)6-7-14/h2-5,8-9H,6-7,14H2,1H3. The van der Waals surface area contributed by atoms with Crippen molar-refractivity contribution in [1.29, 1.82) is 0 Å². The van der Waals surface area contributed by atoms with E-state index in [4.69, 9.17) is 15.2 Å². The zero-order valence-electron chi connectivity index (χ0n) is 10.2. The summed E-state index contributed by atoms with van der Waals surface area (Å²) in [5.41, 5.74) is 6.68. The summed E-state index contributed by atoms with van der Waals surface area (Å²) in [6.07, 6.45) is 2.26. The number of hydrogen-bond donors (Lipinski definition) is 1. The van der Waals surface area contributed by atoms with Crippen molar-refractivity contribution in [2.45, 2.75) is 6.42 Å². The summed E-state index contributed by atoms with van der Waals surface area (Å²) in [5.74, 6) is 1.64. The van der Waals surface area contributed by atoms with Crippen LogP contribution in [-0.4, -0.2) is 23.6 Å². The third-order valence-corrected chi connectivity index (χ3v) is 2.40. The first-order chi connectivity index (χ1) is 8.81. The summed E-state index contributed by atoms with van der Waals surface area (Å²) in [6, 6.07) is 9.38. The molecule has 94 valence electrons. The van der Waals surface area contributed by atoms with E-state index in [0.29, 0.717) is 18.3 Å². The Balaban J connectivity index is 2.08. The number of benzene rings is 1. The van der Waals surface area contributed by atoms with Crippen molar-refractivity contribution in [3.05, 3.63) is 42.2 Å². The number of aromatic nitrogens is 2. The van der Waals surface area contributed by atoms with E-state index < -0.39 is 0 Å². The van der Waals surface area contributed by atoms with Crippen molar-refractivity contribution in [3.8, 4) is 17.5 Å². The smallest absolute Gasteiger partial charge is 0.226 e. The van der Waals surface area contributed by atoms with Gasteiger partial charge in [-0.25, -0.2) is 9.97 Å². The third kappa shape index (κ3) is 3.18. The number of nitrogens with two attached hydrogens (primary N) is 1. The largest absolute Gasteiger partial charge is 0.481 e. The summed E-state index contributed by atoms with van der Waals surface area (Å²) in [5, 5.41) is 0. The molecule has 0 aliphatic carbocycles. The maximum Gasteiger partial charge on any atom is 0.226 e. The molecular formula is C13H15N3O2. The Morgan fingerprint density at radius 3 is 2.50 bits per heavy atom. The van der Waals surface area contributed by atoms with E-state index in [1.54, 1.807) is 13.2 Å². The molecule has 0 aliphatic heterocycles. The summed E-state index contributed by atoms with van der Waals surface area (Å²) in [4.78, 5) is 7.92. The van der Waals surface area contributed by atoms with Crippen LogP contribution in [0.5, 0.6) is 17.5 Å². The number of methoxy groups -OCH3 is 1. The van der Waals surface area contributed by atoms with Gasteiger partial charge in [-0.3, -0.25) is 0 Å². The van der Waals surface area contributed by atoms with Gasteiger partial charge in [0.1, 0.15) is 12.1 Å². The minimum atomic E-state index is 0.452. The molecular weight excluding hydrogens is 230 g/mol. The van der Waals surface area contributed by atoms with Crippen molar-refractivity contribution in [3.63, 3.8) is 0 Å². The SMILES string of the molecule is COc1cc(Oc2ccc(CCN)cc2)ncn1. The molecule has 1 aromatic heterocycles. The Kier molecular flexibility index (Phi) is 4.09. The average molecular weight is 245 g/mol. The van der Waals surface area contributed by atoms with Crippen LogP contribution in [0, 0.1) is 0 Å². The molecule has 1 heterocycles. The Morgan fingerprint density at radius 2 is 1.83 bits per heavy atom. The van der Waals surface area contributed by atoms with Crippen molar-refractivity contribution >= 4 is 0 Å². The molecule has 0 amide bonds. The molecule has 0 unspecified atom stereocenters. The molecule has 1 aromatic carbocycles. The molecule has 18 heavy (non-hydrogen) atoms. The van der Waals surface area contributed by atoms with Crippen molar-refractivity contribution in [2.75, 3.05) is 13.7 Å². The third-order valence-electron chi connectivity index (χ3n) is 2.40. The second-order valence-electron chi connectivity index (χ2n) is 3.68. The van der Waals surface area contributed by atoms with Crippen molar-refractivity contribution in [2.24, 2.45) is 5.73 Å². The van der Waals surface area contributed by atoms with E-state index in [2.05, 4.69) is 9.97 Å². The van der Waals surface area contributed by atoms with E-state index in [9.17, 15) is 0 Å². The van der Waals surface area contributed by atoms with Crippen LogP contribution in [0.15, 0.2) is 36.7 Å². The minimum absolute atomic E-state index is 0.452. The van der Waals surface area contributed by atoms with Gasteiger partial charge in [0.15, 0.2) is 0 Å². The zero-order chi connectivity index (χ0) is 12.8. The monoisotopic (exact) mass is 245 g/mol. The Morgan fingerprint density at radius 1 is 1.11 bits per heavy atom. The van der Waals surface area contributed by atoms with Gasteiger partial charge in [0.25, 0.3) is 0 Å². The molecule has 0 fully saturated rings. The maximum atomic E-state index is 5.59. The fraction of sp³-hybridized carbons (Fsp3) is 0.231. The first-order valence-corrected chi connectivity index (χ1v) is 5.64. The van der Waals surface area contributed by atoms with Crippen molar-refractivity contribution in [1.82, 2.24) is 9.97 Å². The predicted molar refractivity (Wildman–Crippen MR) is 67.9 cm³/mol. The molecule has 2 aromatic rings. The van der Waals surface area contributed by atoms with Crippen LogP contribution in [-0.2, 0) is 6.42 Å². The molecule has 0 spiro atoms. The van der Waals surface area contributed by atoms with Gasteiger partial charge in [-0.05, 0) is 30.7 Å². The van der Waals surface area contributed by atoms with Crippen LogP contribution in [0.25, 0.3) is 0 Å². The maximum absolute atomic E-state index is 5.59. The second-order valence-corrected chi connectivity index (χ2v) is 3.68. The normalized spacial score (nSPS) is 10.1. The van der Waals surface area contributed by atoms with Crippen LogP contribution >= 0.6 is 0 Å². The zero-order valence-corrected chi connectivity index (χ0v) is 10.2. The second kappa shape index (κ2) is 5.97. The van der Waals surface area contributed by atoms with E-state index in [-0.39, 0.29) is 0 Å². The highest BCUT2D eigenvalue weighted by Crippen LogP contribution is 2.21. The molecule has 0 saturated heterocycles. The van der Waals surface area contributed by atoms with Gasteiger partial charge >= 0.3 is 0 Å². The Bertz CT molecular complexity index is 500. The highest BCUT2D eigenvalue weighted by molar-refractivity contribution is 5.31. The van der Waals surface area contributed by atoms with Gasteiger partial charge in [-0.1, -0.05) is 12.1 Å². The molecule has 0 radical (unpaired) electrons. The van der Waals surface area contributed by atoms with Crippen LogP contribution in [0.2, 0.25) is 0 Å². The predicted octanol–water partition coefficient (Wildman–Crippen LogP) is 1.78. The van der Waals surface area contributed by atoms with Gasteiger partial charge in [0.2, 0.25) is 11.8 Å². The van der Waals surface area contributed by atoms with E-state index >= 15 is 0 Å². The first-order valence-electron chi connectivity index (χ1n) is 5.64. The summed E-state index contributed by atoms with van der Waals surface area (Å²) < 4.78 is 10.6. The van der Waals surface area contributed by atoms with Gasteiger partial charge in [-0.15, -0.1) is 0 Å². The quantitative estimate of drug-likeness (QED) is 0.869. The van der Waals surface area contributed by atoms with Gasteiger partial charge < -0.3 is 15.2 Å². The number of rotatable bonds is 5. The first kappa shape index (κ1) is 12.3. The molecule has 0 saturated carbocycles. The lowest BCUT2D eigenvalue weighted by atomic mass is 10.1. The average Bonchev–Trinajstić information content (AvgIpc) is 2.42. The van der Waals surface area contributed by atoms with Crippen molar-refractivity contribution < 1.29 is 9.47 Å². The van der Waals surface area contributed by atoms with E-state index in [1.807, 2.05) is 24.3 Å². The van der Waals surface area contributed by atoms with Crippen LogP contribution in [0.1, 0.15) is 5.56 Å². The molecule has 0 bridgehead atoms. The molecule has 0 atom stereocenters. The van der Waals surface area contributed by atoms with Gasteiger partial charge in [-0.2, -0.15) is 0 Å². The highest BCUT2D eigenvalue weighted by Gasteiger charge is 2.01. The minimum Gasteiger partial charge on any atom is -0.481 e. The summed E-state index contributed by atoms with van der Waals surface area (Å²) >= 11 is 0. The lowest BCUT2D eigenvalue weighted by Gasteiger charge is -2.06. The number of ether oxygens (including phenoxy) is 2. The Labute approximate surface area is 106 Å². The highest BCUT2D eigenvalue weighted by atomic mass is 16.5. The van der Waals surface area contributed by atoms with Crippen LogP contribution in [0.3, 0.4) is 0 Å². The van der Waals surface area contributed by atoms with E-state index in [0.717, 1.165) is 12.2 Å². The lowest BCUT2D eigenvalue weighted by molar-refractivity contribution is 0.388. The fourth-order valence-corrected chi connectivity index (χ4v) is 1.50. The number of hydrogen-bond acceptors (Lipinski definition) is 5. The molecule has 5 nitrogen and oxygen atoms in total. The molecule has 2 N–H and O–H groups in total. The van der Waals surface area contributed by atoms with Crippen LogP contribution in [0.4, 0.5) is 0 Å².